The summed E-state index contributed by atoms with van der Waals surface area (Å²) in [6.07, 6.45) is 0.656. The van der Waals surface area contributed by atoms with Crippen LogP contribution in [0.2, 0.25) is 0 Å². The van der Waals surface area contributed by atoms with Gasteiger partial charge in [-0.1, -0.05) is 6.92 Å². The highest BCUT2D eigenvalue weighted by atomic mass is 16.5. The van der Waals surface area contributed by atoms with Crippen LogP contribution < -0.4 is 9.47 Å². The predicted octanol–water partition coefficient (Wildman–Crippen LogP) is 1.69. The van der Waals surface area contributed by atoms with Gasteiger partial charge in [0.1, 0.15) is 0 Å². The zero-order valence-corrected chi connectivity index (χ0v) is 12.2. The van der Waals surface area contributed by atoms with Gasteiger partial charge in [0, 0.05) is 5.56 Å². The van der Waals surface area contributed by atoms with E-state index in [2.05, 4.69) is 0 Å². The number of hydrogen-bond donors (Lipinski definition) is 1. The number of benzene rings is 1. The maximum absolute atomic E-state index is 12.3. The van der Waals surface area contributed by atoms with Crippen molar-refractivity contribution in [2.75, 3.05) is 26.8 Å². The maximum atomic E-state index is 12.3. The zero-order chi connectivity index (χ0) is 14.8. The van der Waals surface area contributed by atoms with Crippen LogP contribution in [0.1, 0.15) is 30.6 Å². The van der Waals surface area contributed by atoms with E-state index in [1.807, 2.05) is 13.8 Å². The Kier molecular flexibility index (Phi) is 4.18. The van der Waals surface area contributed by atoms with Crippen molar-refractivity contribution < 1.29 is 19.4 Å². The summed E-state index contributed by atoms with van der Waals surface area (Å²) in [6, 6.07) is 5.13. The molecule has 0 aliphatic carbocycles. The van der Waals surface area contributed by atoms with Crippen molar-refractivity contribution >= 4 is 5.91 Å². The van der Waals surface area contributed by atoms with Gasteiger partial charge < -0.3 is 19.5 Å². The molecule has 2 rings (SSSR count). The second-order valence-electron chi connectivity index (χ2n) is 5.04. The van der Waals surface area contributed by atoms with Gasteiger partial charge in [-0.05, 0) is 31.5 Å². The van der Waals surface area contributed by atoms with Crippen LogP contribution in [0.25, 0.3) is 0 Å². The second kappa shape index (κ2) is 5.71. The molecule has 1 fully saturated rings. The number of nitrogens with zero attached hydrogens (tertiary/aromatic N) is 1. The highest BCUT2D eigenvalue weighted by Crippen LogP contribution is 2.31. The number of methoxy groups -OCH3 is 1. The normalized spacial score (nSPS) is 16.5. The van der Waals surface area contributed by atoms with Gasteiger partial charge in [0.25, 0.3) is 5.91 Å². The number of aliphatic hydroxyl groups is 1. The lowest BCUT2D eigenvalue weighted by atomic mass is 9.90. The standard InChI is InChI=1S/C15H21NO4/c1-4-15(18)9-16(10-15)14(17)11-6-7-12(19-3)13(8-11)20-5-2/h6-8,18H,4-5,9-10H2,1-3H3. The molecule has 1 saturated heterocycles. The summed E-state index contributed by atoms with van der Waals surface area (Å²) in [5.74, 6) is 1.08. The van der Waals surface area contributed by atoms with Crippen LogP contribution >= 0.6 is 0 Å². The molecule has 0 atom stereocenters. The van der Waals surface area contributed by atoms with Gasteiger partial charge in [-0.3, -0.25) is 4.79 Å². The van der Waals surface area contributed by atoms with Crippen molar-refractivity contribution in [3.63, 3.8) is 0 Å². The van der Waals surface area contributed by atoms with E-state index >= 15 is 0 Å². The van der Waals surface area contributed by atoms with Crippen LogP contribution in [-0.4, -0.2) is 48.3 Å². The molecule has 0 aromatic heterocycles. The molecule has 0 radical (unpaired) electrons. The lowest BCUT2D eigenvalue weighted by Gasteiger charge is -2.46. The van der Waals surface area contributed by atoms with Gasteiger partial charge in [0.05, 0.1) is 32.4 Å². The van der Waals surface area contributed by atoms with Crippen molar-refractivity contribution in [3.8, 4) is 11.5 Å². The minimum atomic E-state index is -0.717. The molecule has 1 amide bonds. The molecule has 1 aromatic carbocycles. The quantitative estimate of drug-likeness (QED) is 0.891. The topological polar surface area (TPSA) is 59.0 Å². The molecule has 5 nitrogen and oxygen atoms in total. The average Bonchev–Trinajstić information content (AvgIpc) is 2.43. The number of ether oxygens (including phenoxy) is 2. The molecule has 0 bridgehead atoms. The summed E-state index contributed by atoms with van der Waals surface area (Å²) in [5, 5.41) is 9.97. The minimum absolute atomic E-state index is 0.0910. The van der Waals surface area contributed by atoms with E-state index in [-0.39, 0.29) is 5.91 Å². The SMILES string of the molecule is CCOc1cc(C(=O)N2CC(O)(CC)C2)ccc1OC. The van der Waals surface area contributed by atoms with Crippen LogP contribution in [-0.2, 0) is 0 Å². The van der Waals surface area contributed by atoms with Gasteiger partial charge in [-0.15, -0.1) is 0 Å². The number of carbonyl (C=O) groups excluding carboxylic acids is 1. The molecule has 1 aliphatic rings. The molecule has 0 saturated carbocycles. The molecule has 1 N–H and O–H groups in total. The van der Waals surface area contributed by atoms with Crippen molar-refractivity contribution in [3.05, 3.63) is 23.8 Å². The fourth-order valence-corrected chi connectivity index (χ4v) is 2.29. The van der Waals surface area contributed by atoms with Gasteiger partial charge in [0.15, 0.2) is 11.5 Å². The molecular weight excluding hydrogens is 258 g/mol. The Hall–Kier alpha value is -1.75. The first-order valence-corrected chi connectivity index (χ1v) is 6.85. The van der Waals surface area contributed by atoms with Gasteiger partial charge in [-0.25, -0.2) is 0 Å². The van der Waals surface area contributed by atoms with E-state index in [0.717, 1.165) is 0 Å². The Morgan fingerprint density at radius 1 is 1.35 bits per heavy atom. The Bertz CT molecular complexity index is 495. The molecule has 110 valence electrons. The number of rotatable bonds is 5. The average molecular weight is 279 g/mol. The van der Waals surface area contributed by atoms with E-state index in [4.69, 9.17) is 9.47 Å². The third-order valence-corrected chi connectivity index (χ3v) is 3.63. The van der Waals surface area contributed by atoms with Crippen LogP contribution in [0.5, 0.6) is 11.5 Å². The summed E-state index contributed by atoms with van der Waals surface area (Å²) >= 11 is 0. The summed E-state index contributed by atoms with van der Waals surface area (Å²) in [7, 11) is 1.57. The second-order valence-corrected chi connectivity index (χ2v) is 5.04. The lowest BCUT2D eigenvalue weighted by molar-refractivity contribution is -0.0826. The van der Waals surface area contributed by atoms with Gasteiger partial charge in [-0.2, -0.15) is 0 Å². The summed E-state index contributed by atoms with van der Waals surface area (Å²) in [4.78, 5) is 13.9. The molecule has 5 heteroatoms. The van der Waals surface area contributed by atoms with Gasteiger partial charge >= 0.3 is 0 Å². The number of likely N-dealkylation sites (tertiary alicyclic amines) is 1. The fraction of sp³-hybridized carbons (Fsp3) is 0.533. The summed E-state index contributed by atoms with van der Waals surface area (Å²) < 4.78 is 10.7. The van der Waals surface area contributed by atoms with E-state index < -0.39 is 5.60 Å². The summed E-state index contributed by atoms with van der Waals surface area (Å²) in [6.45, 7) is 5.08. The largest absolute Gasteiger partial charge is 0.493 e. The first-order valence-electron chi connectivity index (χ1n) is 6.85. The van der Waals surface area contributed by atoms with Gasteiger partial charge in [0.2, 0.25) is 0 Å². The van der Waals surface area contributed by atoms with Crippen molar-refractivity contribution in [1.82, 2.24) is 4.90 Å². The van der Waals surface area contributed by atoms with Crippen LogP contribution in [0.3, 0.4) is 0 Å². The monoisotopic (exact) mass is 279 g/mol. The molecule has 20 heavy (non-hydrogen) atoms. The Morgan fingerprint density at radius 2 is 2.05 bits per heavy atom. The van der Waals surface area contributed by atoms with E-state index in [1.54, 1.807) is 30.2 Å². The first-order chi connectivity index (χ1) is 9.53. The smallest absolute Gasteiger partial charge is 0.254 e. The zero-order valence-electron chi connectivity index (χ0n) is 12.2. The number of carbonyl (C=O) groups is 1. The Labute approximate surface area is 119 Å². The predicted molar refractivity (Wildman–Crippen MR) is 75.3 cm³/mol. The fourth-order valence-electron chi connectivity index (χ4n) is 2.29. The number of hydrogen-bond acceptors (Lipinski definition) is 4. The van der Waals surface area contributed by atoms with Crippen molar-refractivity contribution in [2.24, 2.45) is 0 Å². The third kappa shape index (κ3) is 2.72. The summed E-state index contributed by atoms with van der Waals surface area (Å²) in [5.41, 5.74) is -0.169. The maximum Gasteiger partial charge on any atom is 0.254 e. The van der Waals surface area contributed by atoms with Crippen molar-refractivity contribution in [1.29, 1.82) is 0 Å². The Balaban J connectivity index is 2.13. The highest BCUT2D eigenvalue weighted by molar-refractivity contribution is 5.95. The van der Waals surface area contributed by atoms with E-state index in [9.17, 15) is 9.90 Å². The van der Waals surface area contributed by atoms with E-state index in [1.165, 1.54) is 0 Å². The highest BCUT2D eigenvalue weighted by Gasteiger charge is 2.42. The molecular formula is C15H21NO4. The minimum Gasteiger partial charge on any atom is -0.493 e. The van der Waals surface area contributed by atoms with Crippen molar-refractivity contribution in [2.45, 2.75) is 25.9 Å². The number of β-amino-alcohol motifs (C(OH)–C–C–N with tert-alkyl or cyclic N) is 1. The Morgan fingerprint density at radius 3 is 2.60 bits per heavy atom. The lowest BCUT2D eigenvalue weighted by Crippen LogP contribution is -2.63. The molecule has 0 spiro atoms. The van der Waals surface area contributed by atoms with Crippen LogP contribution in [0, 0.1) is 0 Å². The number of amides is 1. The molecule has 1 heterocycles. The van der Waals surface area contributed by atoms with E-state index in [0.29, 0.717) is 43.2 Å². The van der Waals surface area contributed by atoms with Crippen LogP contribution in [0.4, 0.5) is 0 Å². The first kappa shape index (κ1) is 14.7. The third-order valence-electron chi connectivity index (χ3n) is 3.63. The molecule has 1 aliphatic heterocycles. The molecule has 0 unspecified atom stereocenters. The van der Waals surface area contributed by atoms with Crippen LogP contribution in [0.15, 0.2) is 18.2 Å². The molecule has 1 aromatic rings.